The number of carbonyl (C=O) groups is 1. The zero-order chi connectivity index (χ0) is 28.8. The summed E-state index contributed by atoms with van der Waals surface area (Å²) < 4.78 is 47.6. The highest BCUT2D eigenvalue weighted by molar-refractivity contribution is 7.92. The minimum atomic E-state index is -3.46. The molecule has 8 nitrogen and oxygen atoms in total. The van der Waals surface area contributed by atoms with E-state index in [2.05, 4.69) is 9.82 Å². The van der Waals surface area contributed by atoms with Crippen molar-refractivity contribution in [2.24, 2.45) is 0 Å². The number of carbonyl (C=O) groups excluding carboxylic acids is 1. The summed E-state index contributed by atoms with van der Waals surface area (Å²) in [5, 5.41) is 4.37. The van der Waals surface area contributed by atoms with Crippen molar-refractivity contribution in [3.8, 4) is 17.2 Å². The van der Waals surface area contributed by atoms with Crippen molar-refractivity contribution in [3.63, 3.8) is 0 Å². The van der Waals surface area contributed by atoms with Gasteiger partial charge >= 0.3 is 0 Å². The number of fused-ring (bicyclic) bond motifs is 1. The number of nitrogens with zero attached hydrogens (tertiary/aromatic N) is 2. The molecule has 3 aromatic carbocycles. The van der Waals surface area contributed by atoms with E-state index in [-0.39, 0.29) is 28.8 Å². The van der Waals surface area contributed by atoms with Gasteiger partial charge in [0.15, 0.2) is 17.3 Å². The molecule has 1 aromatic heterocycles. The second-order valence-electron chi connectivity index (χ2n) is 10.2. The number of benzene rings is 3. The monoisotopic (exact) mass is 560 g/mol. The van der Waals surface area contributed by atoms with Crippen LogP contribution in [-0.2, 0) is 16.4 Å². The van der Waals surface area contributed by atoms with Crippen LogP contribution in [0, 0.1) is 12.7 Å². The third kappa shape index (κ3) is 5.35. The molecular weight excluding hydrogens is 531 g/mol. The van der Waals surface area contributed by atoms with Gasteiger partial charge in [0.05, 0.1) is 29.4 Å². The summed E-state index contributed by atoms with van der Waals surface area (Å²) >= 11 is 0. The van der Waals surface area contributed by atoms with Crippen molar-refractivity contribution in [3.05, 3.63) is 100 Å². The van der Waals surface area contributed by atoms with Crippen molar-refractivity contribution >= 4 is 33.4 Å². The molecule has 0 spiro atoms. The van der Waals surface area contributed by atoms with Crippen molar-refractivity contribution in [1.29, 1.82) is 0 Å². The van der Waals surface area contributed by atoms with Gasteiger partial charge in [0.25, 0.3) is 0 Å². The van der Waals surface area contributed by atoms with Crippen LogP contribution < -0.4 is 15.2 Å². The molecule has 5 rings (SSSR count). The maximum absolute atomic E-state index is 14.0. The first kappa shape index (κ1) is 27.1. The molecule has 0 amide bonds. The van der Waals surface area contributed by atoms with Crippen LogP contribution in [0.5, 0.6) is 11.5 Å². The lowest BCUT2D eigenvalue weighted by Gasteiger charge is -2.16. The van der Waals surface area contributed by atoms with Crippen LogP contribution in [0.1, 0.15) is 52.4 Å². The number of nitrogen functional groups attached to an aromatic ring is 1. The fourth-order valence-electron chi connectivity index (χ4n) is 4.80. The van der Waals surface area contributed by atoms with Crippen LogP contribution in [0.15, 0.2) is 66.4 Å². The highest BCUT2D eigenvalue weighted by Crippen LogP contribution is 2.36. The lowest BCUT2D eigenvalue weighted by Crippen LogP contribution is -2.12. The van der Waals surface area contributed by atoms with Gasteiger partial charge in [0.1, 0.15) is 11.6 Å². The number of aryl methyl sites for hydroxylation is 1. The van der Waals surface area contributed by atoms with Gasteiger partial charge in [-0.1, -0.05) is 26.0 Å². The van der Waals surface area contributed by atoms with Crippen LogP contribution in [0.4, 0.5) is 15.9 Å². The maximum atomic E-state index is 14.0. The van der Waals surface area contributed by atoms with Crippen molar-refractivity contribution in [1.82, 2.24) is 9.78 Å². The van der Waals surface area contributed by atoms with E-state index in [9.17, 15) is 17.6 Å². The minimum absolute atomic E-state index is 0.0725. The van der Waals surface area contributed by atoms with E-state index in [1.165, 1.54) is 16.9 Å². The number of hydrogen-bond acceptors (Lipinski definition) is 6. The molecule has 40 heavy (non-hydrogen) atoms. The smallest absolute Gasteiger partial charge is 0.229 e. The molecule has 206 valence electrons. The number of ether oxygens (including phenoxy) is 1. The Morgan fingerprint density at radius 1 is 1.15 bits per heavy atom. The molecule has 0 saturated carbocycles. The third-order valence-electron chi connectivity index (χ3n) is 6.74. The van der Waals surface area contributed by atoms with Gasteiger partial charge in [-0.05, 0) is 83.6 Å². The van der Waals surface area contributed by atoms with Gasteiger partial charge in [-0.3, -0.25) is 9.52 Å². The van der Waals surface area contributed by atoms with E-state index in [1.807, 2.05) is 32.9 Å². The van der Waals surface area contributed by atoms with E-state index in [0.717, 1.165) is 28.5 Å². The van der Waals surface area contributed by atoms with E-state index < -0.39 is 15.8 Å². The summed E-state index contributed by atoms with van der Waals surface area (Å²) in [7, 11) is -3.46. The summed E-state index contributed by atoms with van der Waals surface area (Å²) in [6, 6.07) is 15.0. The quantitative estimate of drug-likeness (QED) is 0.255. The molecule has 0 saturated heterocycles. The Morgan fingerprint density at radius 2 is 1.90 bits per heavy atom. The van der Waals surface area contributed by atoms with Gasteiger partial charge in [0.2, 0.25) is 10.0 Å². The topological polar surface area (TPSA) is 116 Å². The lowest BCUT2D eigenvalue weighted by atomic mass is 9.96. The number of nitrogens with one attached hydrogen (secondary N) is 1. The van der Waals surface area contributed by atoms with Crippen molar-refractivity contribution in [2.45, 2.75) is 33.1 Å². The van der Waals surface area contributed by atoms with E-state index in [0.29, 0.717) is 29.1 Å². The molecule has 10 heteroatoms. The molecule has 0 unspecified atom stereocenters. The fourth-order valence-corrected chi connectivity index (χ4v) is 5.38. The number of sulfonamides is 1. The SMILES string of the molecule is Cc1cc(Oc2ccccc2F)ccc1-n1ncc(C(=O)C2=Cc3cc(C(C)C)c(NS(C)(=O)=O)cc3C2)c1N. The van der Waals surface area contributed by atoms with Gasteiger partial charge in [-0.15, -0.1) is 0 Å². The van der Waals surface area contributed by atoms with E-state index >= 15 is 0 Å². The molecular formula is C30H29FN4O4S. The summed E-state index contributed by atoms with van der Waals surface area (Å²) in [4.78, 5) is 13.5. The number of Topliss-reactive ketones (excluding diaryl/α,β-unsaturated/α-hetero) is 1. The molecule has 3 N–H and O–H groups in total. The number of para-hydroxylation sites is 1. The number of rotatable bonds is 8. The second kappa shape index (κ2) is 10.3. The van der Waals surface area contributed by atoms with E-state index in [1.54, 1.807) is 42.5 Å². The molecule has 0 aliphatic heterocycles. The zero-order valence-corrected chi connectivity index (χ0v) is 23.3. The molecule has 0 fully saturated rings. The average Bonchev–Trinajstić information content (AvgIpc) is 3.47. The first-order chi connectivity index (χ1) is 18.9. The van der Waals surface area contributed by atoms with Gasteiger partial charge < -0.3 is 10.5 Å². The Kier molecular flexibility index (Phi) is 6.97. The molecule has 1 aliphatic rings. The number of hydrogen-bond donors (Lipinski definition) is 2. The molecule has 1 aliphatic carbocycles. The van der Waals surface area contributed by atoms with Crippen molar-refractivity contribution in [2.75, 3.05) is 16.7 Å². The van der Waals surface area contributed by atoms with Crippen molar-refractivity contribution < 1.29 is 22.3 Å². The number of allylic oxidation sites excluding steroid dienone is 1. The summed E-state index contributed by atoms with van der Waals surface area (Å²) in [5.41, 5.74) is 11.7. The Morgan fingerprint density at radius 3 is 2.58 bits per heavy atom. The van der Waals surface area contributed by atoms with Crippen LogP contribution in [0.25, 0.3) is 11.8 Å². The van der Waals surface area contributed by atoms with Crippen LogP contribution in [0.2, 0.25) is 0 Å². The standard InChI is InChI=1S/C30H29FN4O4S/c1-17(2)23-14-19-12-21(13-20(19)15-26(23)34-40(4,37)38)29(36)24-16-33-35(30(24)32)27-10-9-22(11-18(27)3)39-28-8-6-5-7-25(28)31/h5-12,14-17,34H,13,32H2,1-4H3. The van der Waals surface area contributed by atoms with Gasteiger partial charge in [-0.2, -0.15) is 5.10 Å². The van der Waals surface area contributed by atoms with Gasteiger partial charge in [-0.25, -0.2) is 17.5 Å². The minimum Gasteiger partial charge on any atom is -0.454 e. The average molecular weight is 561 g/mol. The van der Waals surface area contributed by atoms with Gasteiger partial charge in [0, 0.05) is 12.0 Å². The lowest BCUT2D eigenvalue weighted by molar-refractivity contribution is 0.103. The number of nitrogens with two attached hydrogens (primary N) is 1. The fraction of sp³-hybridized carbons (Fsp3) is 0.200. The summed E-state index contributed by atoms with van der Waals surface area (Å²) in [5.74, 6) is 0.119. The van der Waals surface area contributed by atoms with Crippen LogP contribution >= 0.6 is 0 Å². The number of halogens is 1. The second-order valence-corrected chi connectivity index (χ2v) is 11.9. The molecule has 1 heterocycles. The summed E-state index contributed by atoms with van der Waals surface area (Å²) in [6.45, 7) is 5.81. The number of aromatic nitrogens is 2. The molecule has 0 bridgehead atoms. The summed E-state index contributed by atoms with van der Waals surface area (Å²) in [6.07, 6.45) is 4.73. The largest absolute Gasteiger partial charge is 0.454 e. The zero-order valence-electron chi connectivity index (χ0n) is 22.5. The highest BCUT2D eigenvalue weighted by atomic mass is 32.2. The maximum Gasteiger partial charge on any atom is 0.229 e. The van der Waals surface area contributed by atoms with E-state index in [4.69, 9.17) is 10.5 Å². The normalized spacial score (nSPS) is 12.8. The Balaban J connectivity index is 1.40. The Bertz CT molecular complexity index is 1790. The Labute approximate surface area is 232 Å². The number of ketones is 1. The number of anilines is 2. The van der Waals surface area contributed by atoms with Crippen LogP contribution in [-0.4, -0.2) is 30.2 Å². The first-order valence-electron chi connectivity index (χ1n) is 12.7. The predicted octanol–water partition coefficient (Wildman–Crippen LogP) is 6.01. The Hall–Kier alpha value is -4.44. The first-order valence-corrected chi connectivity index (χ1v) is 14.6. The molecule has 0 atom stereocenters. The van der Waals surface area contributed by atoms with Crippen LogP contribution in [0.3, 0.4) is 0 Å². The third-order valence-corrected chi connectivity index (χ3v) is 7.33. The highest BCUT2D eigenvalue weighted by Gasteiger charge is 2.26. The predicted molar refractivity (Wildman–Crippen MR) is 154 cm³/mol. The molecule has 0 radical (unpaired) electrons. The molecule has 4 aromatic rings.